The summed E-state index contributed by atoms with van der Waals surface area (Å²) in [5.74, 6) is -0.505. The van der Waals surface area contributed by atoms with Gasteiger partial charge in [-0.15, -0.1) is 10.2 Å². The van der Waals surface area contributed by atoms with Crippen molar-refractivity contribution in [2.24, 2.45) is 0 Å². The third-order valence-electron chi connectivity index (χ3n) is 3.87. The van der Waals surface area contributed by atoms with Gasteiger partial charge in [0.05, 0.1) is 13.7 Å². The zero-order chi connectivity index (χ0) is 16.9. The van der Waals surface area contributed by atoms with E-state index in [1.807, 2.05) is 35.2 Å². The van der Waals surface area contributed by atoms with Crippen LogP contribution in [-0.4, -0.2) is 46.7 Å². The fourth-order valence-corrected chi connectivity index (χ4v) is 3.47. The molecule has 0 spiro atoms. The molecule has 7 nitrogen and oxygen atoms in total. The zero-order valence-electron chi connectivity index (χ0n) is 13.3. The first-order valence-corrected chi connectivity index (χ1v) is 8.49. The lowest BCUT2D eigenvalue weighted by Gasteiger charge is -2.20. The normalized spacial score (nSPS) is 17.6. The number of ether oxygens (including phenoxy) is 1. The number of carbonyl (C=O) groups excluding carboxylic acids is 2. The number of benzene rings is 1. The van der Waals surface area contributed by atoms with Crippen LogP contribution in [-0.2, 0) is 16.1 Å². The second-order valence-corrected chi connectivity index (χ2v) is 6.53. The Balaban J connectivity index is 1.63. The Morgan fingerprint density at radius 3 is 2.88 bits per heavy atom. The van der Waals surface area contributed by atoms with E-state index < -0.39 is 0 Å². The van der Waals surface area contributed by atoms with Gasteiger partial charge in [0.25, 0.3) is 5.91 Å². The van der Waals surface area contributed by atoms with Gasteiger partial charge in [0.15, 0.2) is 0 Å². The number of esters is 1. The van der Waals surface area contributed by atoms with Crippen molar-refractivity contribution >= 4 is 28.9 Å². The molecule has 2 aromatic rings. The average Bonchev–Trinajstić information content (AvgIpc) is 3.25. The molecule has 1 N–H and O–H groups in total. The number of aromatic nitrogens is 2. The summed E-state index contributed by atoms with van der Waals surface area (Å²) in [4.78, 5) is 26.0. The van der Waals surface area contributed by atoms with Crippen molar-refractivity contribution in [1.82, 2.24) is 15.1 Å². The Morgan fingerprint density at radius 2 is 2.12 bits per heavy atom. The predicted octanol–water partition coefficient (Wildman–Crippen LogP) is 1.93. The number of methoxy groups -OCH3 is 1. The van der Waals surface area contributed by atoms with Crippen molar-refractivity contribution in [1.29, 1.82) is 0 Å². The molecule has 0 bridgehead atoms. The van der Waals surface area contributed by atoms with Gasteiger partial charge < -0.3 is 10.1 Å². The third kappa shape index (κ3) is 3.77. The lowest BCUT2D eigenvalue weighted by atomic mass is 10.2. The van der Waals surface area contributed by atoms with Crippen molar-refractivity contribution in [3.8, 4) is 0 Å². The van der Waals surface area contributed by atoms with Crippen LogP contribution in [0.1, 0.15) is 27.7 Å². The van der Waals surface area contributed by atoms with Crippen molar-refractivity contribution in [3.05, 3.63) is 40.3 Å². The van der Waals surface area contributed by atoms with Gasteiger partial charge in [-0.25, -0.2) is 0 Å². The Bertz CT molecular complexity index is 719. The molecule has 1 aliphatic heterocycles. The molecule has 24 heavy (non-hydrogen) atoms. The molecule has 1 saturated heterocycles. The van der Waals surface area contributed by atoms with Gasteiger partial charge in [-0.2, -0.15) is 0 Å². The molecule has 2 heterocycles. The summed E-state index contributed by atoms with van der Waals surface area (Å²) in [7, 11) is 1.40. The van der Waals surface area contributed by atoms with Crippen molar-refractivity contribution < 1.29 is 14.3 Å². The van der Waals surface area contributed by atoms with E-state index in [0.29, 0.717) is 22.2 Å². The number of nitrogens with zero attached hydrogens (tertiary/aromatic N) is 3. The summed E-state index contributed by atoms with van der Waals surface area (Å²) in [6.45, 7) is 1.31. The van der Waals surface area contributed by atoms with E-state index in [1.165, 1.54) is 18.4 Å². The maximum atomic E-state index is 12.2. The second kappa shape index (κ2) is 7.50. The van der Waals surface area contributed by atoms with E-state index in [9.17, 15) is 9.59 Å². The molecule has 0 aliphatic carbocycles. The molecule has 1 amide bonds. The van der Waals surface area contributed by atoms with Gasteiger partial charge in [0.2, 0.25) is 5.01 Å². The van der Waals surface area contributed by atoms with Crippen LogP contribution in [0.25, 0.3) is 0 Å². The van der Waals surface area contributed by atoms with Crippen molar-refractivity contribution in [3.63, 3.8) is 0 Å². The first kappa shape index (κ1) is 16.5. The minimum Gasteiger partial charge on any atom is -0.468 e. The van der Waals surface area contributed by atoms with Crippen LogP contribution < -0.4 is 5.32 Å². The van der Waals surface area contributed by atoms with Crippen molar-refractivity contribution in [2.75, 3.05) is 19.0 Å². The highest BCUT2D eigenvalue weighted by atomic mass is 32.1. The van der Waals surface area contributed by atoms with Crippen LogP contribution in [0.4, 0.5) is 5.69 Å². The molecule has 0 radical (unpaired) electrons. The van der Waals surface area contributed by atoms with Crippen LogP contribution in [0.5, 0.6) is 0 Å². The molecule has 3 rings (SSSR count). The highest BCUT2D eigenvalue weighted by Gasteiger charge is 2.32. The fraction of sp³-hybridized carbons (Fsp3) is 0.375. The number of nitrogens with one attached hydrogen (secondary N) is 1. The third-order valence-corrected chi connectivity index (χ3v) is 4.77. The molecular weight excluding hydrogens is 328 g/mol. The largest absolute Gasteiger partial charge is 0.468 e. The maximum Gasteiger partial charge on any atom is 0.323 e. The molecule has 0 saturated carbocycles. The number of hydrogen-bond donors (Lipinski definition) is 1. The summed E-state index contributed by atoms with van der Waals surface area (Å²) < 4.78 is 4.83. The minimum absolute atomic E-state index is 0.223. The van der Waals surface area contributed by atoms with Gasteiger partial charge in [0, 0.05) is 5.69 Å². The van der Waals surface area contributed by atoms with E-state index in [0.717, 1.165) is 19.4 Å². The van der Waals surface area contributed by atoms with Crippen LogP contribution in [0.15, 0.2) is 30.3 Å². The van der Waals surface area contributed by atoms with Gasteiger partial charge in [0.1, 0.15) is 11.0 Å². The standard InChI is InChI=1S/C16H18N4O3S/c1-23-16(22)12-8-5-9-20(12)10-13-18-19-15(24-13)14(21)17-11-6-3-2-4-7-11/h2-4,6-7,12H,5,8-10H2,1H3,(H,17,21)/t12-/m1/s1. The first-order valence-electron chi connectivity index (χ1n) is 7.68. The van der Waals surface area contributed by atoms with Crippen LogP contribution in [0.2, 0.25) is 0 Å². The summed E-state index contributed by atoms with van der Waals surface area (Å²) in [5, 5.41) is 11.8. The van der Waals surface area contributed by atoms with Crippen molar-refractivity contribution in [2.45, 2.75) is 25.4 Å². The number of carbonyl (C=O) groups is 2. The number of rotatable bonds is 5. The predicted molar refractivity (Wildman–Crippen MR) is 89.8 cm³/mol. The highest BCUT2D eigenvalue weighted by Crippen LogP contribution is 2.22. The van der Waals surface area contributed by atoms with Gasteiger partial charge in [-0.3, -0.25) is 14.5 Å². The average molecular weight is 346 g/mol. The number of likely N-dealkylation sites (tertiary alicyclic amines) is 1. The summed E-state index contributed by atoms with van der Waals surface area (Å²) >= 11 is 1.24. The molecule has 1 atom stereocenters. The molecule has 1 aromatic carbocycles. The highest BCUT2D eigenvalue weighted by molar-refractivity contribution is 7.13. The lowest BCUT2D eigenvalue weighted by Crippen LogP contribution is -2.36. The van der Waals surface area contributed by atoms with Gasteiger partial charge in [-0.1, -0.05) is 29.5 Å². The van der Waals surface area contributed by atoms with Crippen LogP contribution in [0.3, 0.4) is 0 Å². The van der Waals surface area contributed by atoms with Crippen LogP contribution in [0, 0.1) is 0 Å². The number of para-hydroxylation sites is 1. The van der Waals surface area contributed by atoms with Crippen LogP contribution >= 0.6 is 11.3 Å². The van der Waals surface area contributed by atoms with E-state index in [2.05, 4.69) is 15.5 Å². The van der Waals surface area contributed by atoms with E-state index in [4.69, 9.17) is 4.74 Å². The topological polar surface area (TPSA) is 84.4 Å². The van der Waals surface area contributed by atoms with Gasteiger partial charge in [-0.05, 0) is 31.5 Å². The fourth-order valence-electron chi connectivity index (χ4n) is 2.71. The quantitative estimate of drug-likeness (QED) is 0.833. The summed E-state index contributed by atoms with van der Waals surface area (Å²) in [6.07, 6.45) is 1.73. The zero-order valence-corrected chi connectivity index (χ0v) is 14.1. The van der Waals surface area contributed by atoms with E-state index >= 15 is 0 Å². The molecule has 126 valence electrons. The molecule has 1 fully saturated rings. The van der Waals surface area contributed by atoms with E-state index in [-0.39, 0.29) is 17.9 Å². The molecule has 1 aliphatic rings. The maximum absolute atomic E-state index is 12.2. The Labute approximate surface area is 143 Å². The molecule has 0 unspecified atom stereocenters. The Kier molecular flexibility index (Phi) is 5.17. The SMILES string of the molecule is COC(=O)[C@H]1CCCN1Cc1nnc(C(=O)Nc2ccccc2)s1. The smallest absolute Gasteiger partial charge is 0.323 e. The monoisotopic (exact) mass is 346 g/mol. The lowest BCUT2D eigenvalue weighted by molar-refractivity contribution is -0.146. The number of amides is 1. The van der Waals surface area contributed by atoms with Gasteiger partial charge >= 0.3 is 5.97 Å². The molecule has 1 aromatic heterocycles. The number of anilines is 1. The minimum atomic E-state index is -0.282. The summed E-state index contributed by atoms with van der Waals surface area (Å²) in [5.41, 5.74) is 0.713. The summed E-state index contributed by atoms with van der Waals surface area (Å²) in [6, 6.07) is 8.96. The van der Waals surface area contributed by atoms with E-state index in [1.54, 1.807) is 0 Å². The first-order chi connectivity index (χ1) is 11.7. The molecular formula is C16H18N4O3S. The Hall–Kier alpha value is -2.32. The molecule has 8 heteroatoms. The second-order valence-electron chi connectivity index (χ2n) is 5.47. The number of hydrogen-bond acceptors (Lipinski definition) is 7. The Morgan fingerprint density at radius 1 is 1.33 bits per heavy atom.